The Kier molecular flexibility index (Phi) is 4.77. The summed E-state index contributed by atoms with van der Waals surface area (Å²) < 4.78 is 23.0. The quantitative estimate of drug-likeness (QED) is 0.696. The van der Waals surface area contributed by atoms with Crippen molar-refractivity contribution in [2.24, 2.45) is 0 Å². The summed E-state index contributed by atoms with van der Waals surface area (Å²) in [6.45, 7) is 2.37. The topological polar surface area (TPSA) is 104 Å². The van der Waals surface area contributed by atoms with Crippen molar-refractivity contribution in [1.82, 2.24) is 20.6 Å². The monoisotopic (exact) mass is 300 g/mol. The van der Waals surface area contributed by atoms with Crippen LogP contribution >= 0.6 is 0 Å². The molecule has 1 aliphatic heterocycles. The van der Waals surface area contributed by atoms with Gasteiger partial charge in [-0.3, -0.25) is 4.79 Å². The molecule has 0 aromatic carbocycles. The van der Waals surface area contributed by atoms with Crippen molar-refractivity contribution >= 4 is 15.7 Å². The third kappa shape index (κ3) is 4.04. The van der Waals surface area contributed by atoms with Gasteiger partial charge in [0.1, 0.15) is 5.82 Å². The maximum absolute atomic E-state index is 12.0. The van der Waals surface area contributed by atoms with Crippen molar-refractivity contribution < 1.29 is 13.2 Å². The Morgan fingerprint density at radius 2 is 2.40 bits per heavy atom. The van der Waals surface area contributed by atoms with E-state index in [4.69, 9.17) is 0 Å². The average Bonchev–Trinajstić information content (AvgIpc) is 2.88. The lowest BCUT2D eigenvalue weighted by Gasteiger charge is -2.24. The summed E-state index contributed by atoms with van der Waals surface area (Å²) in [5.41, 5.74) is 0. The van der Waals surface area contributed by atoms with Gasteiger partial charge in [-0.25, -0.2) is 13.4 Å². The van der Waals surface area contributed by atoms with Crippen molar-refractivity contribution in [2.45, 2.75) is 31.8 Å². The summed E-state index contributed by atoms with van der Waals surface area (Å²) in [5, 5.41) is 5.94. The molecule has 7 nitrogen and oxygen atoms in total. The van der Waals surface area contributed by atoms with Crippen LogP contribution in [0.5, 0.6) is 0 Å². The van der Waals surface area contributed by atoms with Crippen molar-refractivity contribution in [1.29, 1.82) is 0 Å². The van der Waals surface area contributed by atoms with Crippen LogP contribution in [0.4, 0.5) is 0 Å². The van der Waals surface area contributed by atoms with Crippen molar-refractivity contribution in [3.63, 3.8) is 0 Å². The van der Waals surface area contributed by atoms with Gasteiger partial charge in [-0.2, -0.15) is 0 Å². The van der Waals surface area contributed by atoms with Gasteiger partial charge < -0.3 is 15.6 Å². The van der Waals surface area contributed by atoms with Gasteiger partial charge in [0.25, 0.3) is 0 Å². The lowest BCUT2D eigenvalue weighted by atomic mass is 10.1. The largest absolute Gasteiger partial charge is 0.347 e. The minimum Gasteiger partial charge on any atom is -0.347 e. The summed E-state index contributed by atoms with van der Waals surface area (Å²) in [7, 11) is -3.02. The molecule has 0 spiro atoms. The van der Waals surface area contributed by atoms with E-state index in [1.807, 2.05) is 6.92 Å². The van der Waals surface area contributed by atoms with Gasteiger partial charge in [0, 0.05) is 31.4 Å². The molecule has 1 aromatic heterocycles. The fraction of sp³-hybridized carbons (Fsp3) is 0.667. The molecule has 20 heavy (non-hydrogen) atoms. The number of aromatic amines is 1. The highest BCUT2D eigenvalue weighted by molar-refractivity contribution is 7.91. The van der Waals surface area contributed by atoms with Gasteiger partial charge in [-0.05, 0) is 6.42 Å². The molecule has 1 aliphatic rings. The summed E-state index contributed by atoms with van der Waals surface area (Å²) in [4.78, 5) is 19.1. The van der Waals surface area contributed by atoms with Crippen LogP contribution < -0.4 is 10.6 Å². The number of nitrogens with zero attached hydrogens (tertiary/aromatic N) is 1. The number of rotatable bonds is 5. The predicted molar refractivity (Wildman–Crippen MR) is 74.8 cm³/mol. The summed E-state index contributed by atoms with van der Waals surface area (Å²) in [6.07, 6.45) is 4.23. The smallest absolute Gasteiger partial charge is 0.222 e. The molecule has 2 rings (SSSR count). The first kappa shape index (κ1) is 15.0. The second-order valence-electron chi connectivity index (χ2n) is 4.97. The highest BCUT2D eigenvalue weighted by atomic mass is 32.2. The van der Waals surface area contributed by atoms with Gasteiger partial charge in [0.05, 0.1) is 17.5 Å². The van der Waals surface area contributed by atoms with Crippen LogP contribution in [0.3, 0.4) is 0 Å². The molecular formula is C12H20N4O3S. The third-order valence-electron chi connectivity index (χ3n) is 3.33. The molecule has 8 heteroatoms. The number of H-pyrrole nitrogens is 1. The second kappa shape index (κ2) is 6.36. The van der Waals surface area contributed by atoms with E-state index in [-0.39, 0.29) is 35.9 Å². The number of sulfone groups is 1. The van der Waals surface area contributed by atoms with Gasteiger partial charge >= 0.3 is 0 Å². The molecule has 1 fully saturated rings. The van der Waals surface area contributed by atoms with Crippen LogP contribution in [-0.2, 0) is 14.6 Å². The van der Waals surface area contributed by atoms with E-state index in [1.54, 1.807) is 12.4 Å². The van der Waals surface area contributed by atoms with E-state index in [0.29, 0.717) is 12.4 Å². The SMILES string of the molecule is CCC(NC(=O)CC1CS(=O)(=O)CCN1)c1ncc[nH]1. The Bertz CT molecular complexity index is 541. The summed E-state index contributed by atoms with van der Waals surface area (Å²) in [5.74, 6) is 0.723. The lowest BCUT2D eigenvalue weighted by molar-refractivity contribution is -0.122. The molecule has 2 unspecified atom stereocenters. The minimum atomic E-state index is -3.02. The zero-order valence-electron chi connectivity index (χ0n) is 11.4. The van der Waals surface area contributed by atoms with E-state index in [1.165, 1.54) is 0 Å². The van der Waals surface area contributed by atoms with Crippen LogP contribution in [0, 0.1) is 0 Å². The van der Waals surface area contributed by atoms with E-state index in [9.17, 15) is 13.2 Å². The number of hydrogen-bond donors (Lipinski definition) is 3. The number of nitrogens with one attached hydrogen (secondary N) is 3. The summed E-state index contributed by atoms with van der Waals surface area (Å²) >= 11 is 0. The van der Waals surface area contributed by atoms with Crippen molar-refractivity contribution in [3.8, 4) is 0 Å². The molecule has 0 saturated carbocycles. The molecule has 2 atom stereocenters. The standard InChI is InChI=1S/C12H20N4O3S/c1-2-10(12-14-3-4-15-12)16-11(17)7-9-8-20(18,19)6-5-13-9/h3-4,9-10,13H,2,5-8H2,1H3,(H,14,15)(H,16,17). The second-order valence-corrected chi connectivity index (χ2v) is 7.20. The molecule has 0 radical (unpaired) electrons. The van der Waals surface area contributed by atoms with Gasteiger partial charge in [-0.1, -0.05) is 6.92 Å². The fourth-order valence-electron chi connectivity index (χ4n) is 2.31. The molecule has 0 aliphatic carbocycles. The van der Waals surface area contributed by atoms with Gasteiger partial charge in [0.2, 0.25) is 5.91 Å². The third-order valence-corrected chi connectivity index (χ3v) is 5.06. The van der Waals surface area contributed by atoms with E-state index in [2.05, 4.69) is 20.6 Å². The first-order valence-electron chi connectivity index (χ1n) is 6.72. The number of carbonyl (C=O) groups excluding carboxylic acids is 1. The number of carbonyl (C=O) groups is 1. The first-order valence-corrected chi connectivity index (χ1v) is 8.54. The lowest BCUT2D eigenvalue weighted by Crippen LogP contribution is -2.47. The Labute approximate surface area is 118 Å². The average molecular weight is 300 g/mol. The molecule has 112 valence electrons. The first-order chi connectivity index (χ1) is 9.50. The van der Waals surface area contributed by atoms with Gasteiger partial charge in [-0.15, -0.1) is 0 Å². The van der Waals surface area contributed by atoms with Gasteiger partial charge in [0.15, 0.2) is 9.84 Å². The normalized spacial score (nSPS) is 23.1. The molecular weight excluding hydrogens is 280 g/mol. The molecule has 2 heterocycles. The highest BCUT2D eigenvalue weighted by Gasteiger charge is 2.26. The predicted octanol–water partition coefficient (Wildman–Crippen LogP) is -0.246. The van der Waals surface area contributed by atoms with E-state index in [0.717, 1.165) is 6.42 Å². The Hall–Kier alpha value is -1.41. The highest BCUT2D eigenvalue weighted by Crippen LogP contribution is 2.12. The molecule has 1 saturated heterocycles. The zero-order chi connectivity index (χ0) is 14.6. The summed E-state index contributed by atoms with van der Waals surface area (Å²) in [6, 6.07) is -0.472. The van der Waals surface area contributed by atoms with Crippen molar-refractivity contribution in [3.05, 3.63) is 18.2 Å². The number of imidazole rings is 1. The van der Waals surface area contributed by atoms with Crippen LogP contribution in [0.25, 0.3) is 0 Å². The zero-order valence-corrected chi connectivity index (χ0v) is 12.2. The Morgan fingerprint density at radius 3 is 3.00 bits per heavy atom. The molecule has 1 amide bonds. The number of aromatic nitrogens is 2. The minimum absolute atomic E-state index is 0.0258. The Morgan fingerprint density at radius 1 is 1.60 bits per heavy atom. The maximum Gasteiger partial charge on any atom is 0.222 e. The van der Waals surface area contributed by atoms with Crippen LogP contribution in [0.2, 0.25) is 0 Å². The van der Waals surface area contributed by atoms with E-state index < -0.39 is 9.84 Å². The van der Waals surface area contributed by atoms with Crippen LogP contribution in [0.1, 0.15) is 31.6 Å². The fourth-order valence-corrected chi connectivity index (χ4v) is 3.75. The number of amides is 1. The maximum atomic E-state index is 12.0. The number of hydrogen-bond acceptors (Lipinski definition) is 5. The molecule has 3 N–H and O–H groups in total. The molecule has 0 bridgehead atoms. The van der Waals surface area contributed by atoms with Crippen molar-refractivity contribution in [2.75, 3.05) is 18.1 Å². The Balaban J connectivity index is 1.88. The van der Waals surface area contributed by atoms with Crippen LogP contribution in [-0.4, -0.2) is 48.4 Å². The molecule has 1 aromatic rings. The van der Waals surface area contributed by atoms with E-state index >= 15 is 0 Å². The van der Waals surface area contributed by atoms with Crippen LogP contribution in [0.15, 0.2) is 12.4 Å².